The van der Waals surface area contributed by atoms with E-state index in [2.05, 4.69) is 4.90 Å². The number of thiazole rings is 1. The van der Waals surface area contributed by atoms with Crippen LogP contribution in [0, 0.1) is 0 Å². The highest BCUT2D eigenvalue weighted by Gasteiger charge is 2.22. The second kappa shape index (κ2) is 8.26. The van der Waals surface area contributed by atoms with Crippen LogP contribution in [0.2, 0.25) is 0 Å². The molecular formula is C21H23N3O4S. The monoisotopic (exact) mass is 413 g/mol. The minimum absolute atomic E-state index is 0.0104. The molecule has 0 aliphatic carbocycles. The average molecular weight is 413 g/mol. The van der Waals surface area contributed by atoms with Gasteiger partial charge in [-0.3, -0.25) is 9.69 Å². The van der Waals surface area contributed by atoms with Gasteiger partial charge in [0.2, 0.25) is 12.7 Å². The minimum Gasteiger partial charge on any atom is -0.494 e. The van der Waals surface area contributed by atoms with Crippen LogP contribution in [0.15, 0.2) is 36.4 Å². The van der Waals surface area contributed by atoms with Crippen molar-refractivity contribution in [3.63, 3.8) is 0 Å². The summed E-state index contributed by atoms with van der Waals surface area (Å²) in [5, 5.41) is 0.678. The number of rotatable bonds is 7. The van der Waals surface area contributed by atoms with Crippen molar-refractivity contribution in [3.8, 4) is 17.2 Å². The van der Waals surface area contributed by atoms with Crippen molar-refractivity contribution in [2.24, 2.45) is 0 Å². The molecule has 1 aliphatic heterocycles. The topological polar surface area (TPSA) is 64.1 Å². The molecule has 1 amide bonds. The van der Waals surface area contributed by atoms with E-state index in [1.807, 2.05) is 50.5 Å². The number of para-hydroxylation sites is 1. The van der Waals surface area contributed by atoms with E-state index in [1.54, 1.807) is 12.0 Å². The summed E-state index contributed by atoms with van der Waals surface area (Å²) in [6.45, 7) is 1.51. The Morgan fingerprint density at radius 2 is 2.00 bits per heavy atom. The van der Waals surface area contributed by atoms with Crippen molar-refractivity contribution in [1.29, 1.82) is 0 Å². The second-order valence-electron chi connectivity index (χ2n) is 7.02. The van der Waals surface area contributed by atoms with Crippen LogP contribution in [0.5, 0.6) is 17.2 Å². The number of ether oxygens (including phenoxy) is 3. The highest BCUT2D eigenvalue weighted by atomic mass is 32.1. The summed E-state index contributed by atoms with van der Waals surface area (Å²) < 4.78 is 17.2. The van der Waals surface area contributed by atoms with Gasteiger partial charge in [0.1, 0.15) is 11.3 Å². The zero-order chi connectivity index (χ0) is 20.4. The Labute approximate surface area is 173 Å². The van der Waals surface area contributed by atoms with Crippen LogP contribution in [0.1, 0.15) is 5.56 Å². The van der Waals surface area contributed by atoms with E-state index in [0.29, 0.717) is 28.9 Å². The molecule has 8 heteroatoms. The van der Waals surface area contributed by atoms with Crippen molar-refractivity contribution in [1.82, 2.24) is 9.88 Å². The van der Waals surface area contributed by atoms with Crippen LogP contribution in [0.25, 0.3) is 10.2 Å². The zero-order valence-corrected chi connectivity index (χ0v) is 17.5. The fourth-order valence-corrected chi connectivity index (χ4v) is 4.17. The van der Waals surface area contributed by atoms with E-state index in [1.165, 1.54) is 11.3 Å². The van der Waals surface area contributed by atoms with Crippen molar-refractivity contribution < 1.29 is 19.0 Å². The fraction of sp³-hybridized carbons (Fsp3) is 0.333. The number of aromatic nitrogens is 1. The Morgan fingerprint density at radius 1 is 1.17 bits per heavy atom. The number of nitrogens with zero attached hydrogens (tertiary/aromatic N) is 3. The number of amides is 1. The molecule has 0 radical (unpaired) electrons. The lowest BCUT2D eigenvalue weighted by atomic mass is 10.1. The third-order valence-corrected chi connectivity index (χ3v) is 5.73. The third-order valence-electron chi connectivity index (χ3n) is 4.69. The van der Waals surface area contributed by atoms with Crippen LogP contribution in [-0.2, 0) is 11.2 Å². The fourth-order valence-electron chi connectivity index (χ4n) is 3.14. The first-order chi connectivity index (χ1) is 14.0. The van der Waals surface area contributed by atoms with E-state index in [9.17, 15) is 4.79 Å². The molecule has 0 saturated heterocycles. The predicted octanol–water partition coefficient (Wildman–Crippen LogP) is 3.17. The average Bonchev–Trinajstić information content (AvgIpc) is 3.33. The maximum absolute atomic E-state index is 13.2. The van der Waals surface area contributed by atoms with Crippen LogP contribution in [-0.4, -0.2) is 56.9 Å². The first-order valence-corrected chi connectivity index (χ1v) is 10.1. The quantitative estimate of drug-likeness (QED) is 0.593. The van der Waals surface area contributed by atoms with Gasteiger partial charge in [0.05, 0.1) is 18.2 Å². The van der Waals surface area contributed by atoms with E-state index in [0.717, 1.165) is 22.3 Å². The van der Waals surface area contributed by atoms with Crippen LogP contribution < -0.4 is 19.1 Å². The highest BCUT2D eigenvalue weighted by Crippen LogP contribution is 2.35. The van der Waals surface area contributed by atoms with Crippen molar-refractivity contribution in [2.45, 2.75) is 6.42 Å². The predicted molar refractivity (Wildman–Crippen MR) is 113 cm³/mol. The molecule has 0 saturated carbocycles. The molecule has 0 N–H and O–H groups in total. The largest absolute Gasteiger partial charge is 0.494 e. The molecular weight excluding hydrogens is 390 g/mol. The number of carbonyl (C=O) groups excluding carboxylic acids is 1. The molecule has 0 bridgehead atoms. The van der Waals surface area contributed by atoms with Gasteiger partial charge >= 0.3 is 0 Å². The number of methoxy groups -OCH3 is 1. The minimum atomic E-state index is -0.0104. The van der Waals surface area contributed by atoms with Gasteiger partial charge in [-0.05, 0) is 43.9 Å². The molecule has 1 aliphatic rings. The highest BCUT2D eigenvalue weighted by molar-refractivity contribution is 7.22. The molecule has 2 heterocycles. The van der Waals surface area contributed by atoms with Crippen LogP contribution >= 0.6 is 11.3 Å². The SMILES string of the molecule is COc1cccc2sc(N(CCN(C)C)C(=O)Cc3ccc4c(c3)OCO4)nc12. The van der Waals surface area contributed by atoms with Gasteiger partial charge in [-0.25, -0.2) is 4.98 Å². The van der Waals surface area contributed by atoms with Gasteiger partial charge in [0.15, 0.2) is 16.6 Å². The molecule has 4 rings (SSSR count). The lowest BCUT2D eigenvalue weighted by Gasteiger charge is -2.22. The first-order valence-electron chi connectivity index (χ1n) is 9.32. The Hall–Kier alpha value is -2.84. The van der Waals surface area contributed by atoms with Crippen molar-refractivity contribution >= 4 is 32.6 Å². The Kier molecular flexibility index (Phi) is 5.55. The lowest BCUT2D eigenvalue weighted by molar-refractivity contribution is -0.118. The van der Waals surface area contributed by atoms with E-state index in [4.69, 9.17) is 19.2 Å². The van der Waals surface area contributed by atoms with Gasteiger partial charge < -0.3 is 19.1 Å². The smallest absolute Gasteiger partial charge is 0.233 e. The van der Waals surface area contributed by atoms with Crippen molar-refractivity contribution in [3.05, 3.63) is 42.0 Å². The summed E-state index contributed by atoms with van der Waals surface area (Å²) in [5.41, 5.74) is 1.66. The Bertz CT molecular complexity index is 1030. The molecule has 0 atom stereocenters. The van der Waals surface area contributed by atoms with Gasteiger partial charge in [-0.1, -0.05) is 23.5 Å². The molecule has 0 fully saturated rings. The van der Waals surface area contributed by atoms with Crippen molar-refractivity contribution in [2.75, 3.05) is 46.0 Å². The summed E-state index contributed by atoms with van der Waals surface area (Å²) >= 11 is 1.50. The number of carbonyl (C=O) groups is 1. The second-order valence-corrected chi connectivity index (χ2v) is 8.03. The third kappa shape index (κ3) is 4.13. The van der Waals surface area contributed by atoms with E-state index >= 15 is 0 Å². The lowest BCUT2D eigenvalue weighted by Crippen LogP contribution is -2.37. The molecule has 0 spiro atoms. The summed E-state index contributed by atoms with van der Waals surface area (Å²) in [6.07, 6.45) is 0.261. The molecule has 3 aromatic rings. The van der Waals surface area contributed by atoms with Crippen LogP contribution in [0.3, 0.4) is 0 Å². The number of hydrogen-bond donors (Lipinski definition) is 0. The Morgan fingerprint density at radius 3 is 2.79 bits per heavy atom. The number of anilines is 1. The molecule has 29 heavy (non-hydrogen) atoms. The number of hydrogen-bond acceptors (Lipinski definition) is 7. The summed E-state index contributed by atoms with van der Waals surface area (Å²) in [5.74, 6) is 2.09. The summed E-state index contributed by atoms with van der Waals surface area (Å²) in [6, 6.07) is 11.4. The molecule has 0 unspecified atom stereocenters. The summed E-state index contributed by atoms with van der Waals surface area (Å²) in [7, 11) is 5.60. The number of likely N-dealkylation sites (N-methyl/N-ethyl adjacent to an activating group) is 1. The van der Waals surface area contributed by atoms with Crippen LogP contribution in [0.4, 0.5) is 5.13 Å². The van der Waals surface area contributed by atoms with Gasteiger partial charge in [0, 0.05) is 13.1 Å². The van der Waals surface area contributed by atoms with Gasteiger partial charge in [-0.15, -0.1) is 0 Å². The number of fused-ring (bicyclic) bond motifs is 2. The molecule has 7 nitrogen and oxygen atoms in total. The van der Waals surface area contributed by atoms with Gasteiger partial charge in [-0.2, -0.15) is 0 Å². The maximum atomic E-state index is 13.2. The molecule has 2 aromatic carbocycles. The normalized spacial score (nSPS) is 12.6. The van der Waals surface area contributed by atoms with Gasteiger partial charge in [0.25, 0.3) is 0 Å². The standard InChI is InChI=1S/C21H23N3O4S/c1-23(2)9-10-24(21-22-20-16(26-3)5-4-6-18(20)29-21)19(25)12-14-7-8-15-17(11-14)28-13-27-15/h4-8,11H,9-10,12-13H2,1-3H3. The number of benzene rings is 2. The maximum Gasteiger partial charge on any atom is 0.233 e. The van der Waals surface area contributed by atoms with E-state index in [-0.39, 0.29) is 19.1 Å². The van der Waals surface area contributed by atoms with E-state index < -0.39 is 0 Å². The first kappa shape index (κ1) is 19.5. The molecule has 152 valence electrons. The molecule has 1 aromatic heterocycles. The Balaban J connectivity index is 1.62. The zero-order valence-electron chi connectivity index (χ0n) is 16.7. The summed E-state index contributed by atoms with van der Waals surface area (Å²) in [4.78, 5) is 21.8.